The summed E-state index contributed by atoms with van der Waals surface area (Å²) in [5.74, 6) is 0. The molecule has 0 bridgehead atoms. The fourth-order valence-electron chi connectivity index (χ4n) is 2.03. The molecule has 1 atom stereocenters. The highest BCUT2D eigenvalue weighted by atomic mass is 35.5. The Kier molecular flexibility index (Phi) is 5.46. The average Bonchev–Trinajstić information content (AvgIpc) is 2.92. The lowest BCUT2D eigenvalue weighted by Gasteiger charge is -2.16. The van der Waals surface area contributed by atoms with Crippen molar-refractivity contribution in [3.8, 4) is 0 Å². The van der Waals surface area contributed by atoms with Crippen molar-refractivity contribution in [3.05, 3.63) is 42.7 Å². The topological polar surface area (TPSA) is 12.0 Å². The largest absolute Gasteiger partial charge is 0.309 e. The normalized spacial score (nSPS) is 12.8. The van der Waals surface area contributed by atoms with Crippen LogP contribution in [0.15, 0.2) is 18.2 Å². The molecule has 0 radical (unpaired) electrons. The van der Waals surface area contributed by atoms with Crippen LogP contribution in [0.1, 0.15) is 39.6 Å². The maximum absolute atomic E-state index is 6.02. The standard InChI is InChI=1S/C15H20ClNS2/c1-4-7-17-13(9-12-5-6-15(16)19-12)14-8-10(2)11(3)18-14/h5-6,8,13,17H,4,7,9H2,1-3H3. The molecule has 1 nitrogen and oxygen atoms in total. The molecule has 19 heavy (non-hydrogen) atoms. The molecule has 2 aromatic rings. The summed E-state index contributed by atoms with van der Waals surface area (Å²) in [6, 6.07) is 6.86. The summed E-state index contributed by atoms with van der Waals surface area (Å²) in [6.07, 6.45) is 2.18. The van der Waals surface area contributed by atoms with Gasteiger partial charge in [-0.1, -0.05) is 18.5 Å². The van der Waals surface area contributed by atoms with E-state index in [-0.39, 0.29) is 0 Å². The van der Waals surface area contributed by atoms with Crippen LogP contribution in [0, 0.1) is 13.8 Å². The third-order valence-electron chi connectivity index (χ3n) is 3.20. The van der Waals surface area contributed by atoms with E-state index in [9.17, 15) is 0 Å². The van der Waals surface area contributed by atoms with Crippen molar-refractivity contribution in [2.75, 3.05) is 6.54 Å². The van der Waals surface area contributed by atoms with Gasteiger partial charge in [-0.05, 0) is 50.6 Å². The van der Waals surface area contributed by atoms with Gasteiger partial charge < -0.3 is 5.32 Å². The molecular weight excluding hydrogens is 294 g/mol. The van der Waals surface area contributed by atoms with Crippen LogP contribution in [-0.2, 0) is 6.42 Å². The molecule has 1 unspecified atom stereocenters. The lowest BCUT2D eigenvalue weighted by molar-refractivity contribution is 0.539. The van der Waals surface area contributed by atoms with Crippen molar-refractivity contribution in [2.24, 2.45) is 0 Å². The third kappa shape index (κ3) is 4.06. The smallest absolute Gasteiger partial charge is 0.0931 e. The van der Waals surface area contributed by atoms with Crippen LogP contribution in [0.4, 0.5) is 0 Å². The number of rotatable bonds is 6. The Hall–Kier alpha value is -0.350. The molecule has 2 rings (SSSR count). The lowest BCUT2D eigenvalue weighted by atomic mass is 10.1. The molecule has 0 spiro atoms. The molecule has 0 aliphatic carbocycles. The minimum atomic E-state index is 0.409. The van der Waals surface area contributed by atoms with Gasteiger partial charge in [0.2, 0.25) is 0 Å². The highest BCUT2D eigenvalue weighted by Crippen LogP contribution is 2.31. The van der Waals surface area contributed by atoms with Gasteiger partial charge in [0.05, 0.1) is 4.34 Å². The van der Waals surface area contributed by atoms with Crippen molar-refractivity contribution >= 4 is 34.3 Å². The Morgan fingerprint density at radius 3 is 2.58 bits per heavy atom. The Labute approximate surface area is 128 Å². The van der Waals surface area contributed by atoms with Crippen LogP contribution in [0.3, 0.4) is 0 Å². The van der Waals surface area contributed by atoms with Crippen LogP contribution >= 0.6 is 34.3 Å². The van der Waals surface area contributed by atoms with Crippen LogP contribution in [-0.4, -0.2) is 6.54 Å². The first-order valence-electron chi connectivity index (χ1n) is 6.64. The summed E-state index contributed by atoms with van der Waals surface area (Å²) in [5.41, 5.74) is 1.40. The van der Waals surface area contributed by atoms with E-state index >= 15 is 0 Å². The van der Waals surface area contributed by atoms with Crippen molar-refractivity contribution < 1.29 is 0 Å². The molecular formula is C15H20ClNS2. The van der Waals surface area contributed by atoms with E-state index in [0.717, 1.165) is 23.7 Å². The lowest BCUT2D eigenvalue weighted by Crippen LogP contribution is -2.23. The number of aryl methyl sites for hydroxylation is 2. The van der Waals surface area contributed by atoms with Crippen molar-refractivity contribution in [1.82, 2.24) is 5.32 Å². The first kappa shape index (κ1) is 15.0. The highest BCUT2D eigenvalue weighted by molar-refractivity contribution is 7.16. The molecule has 1 N–H and O–H groups in total. The van der Waals surface area contributed by atoms with Crippen LogP contribution in [0.2, 0.25) is 4.34 Å². The van der Waals surface area contributed by atoms with Crippen molar-refractivity contribution in [3.63, 3.8) is 0 Å². The molecule has 0 saturated heterocycles. The molecule has 0 aliphatic heterocycles. The monoisotopic (exact) mass is 313 g/mol. The maximum Gasteiger partial charge on any atom is 0.0931 e. The van der Waals surface area contributed by atoms with E-state index in [1.165, 1.54) is 20.2 Å². The Balaban J connectivity index is 2.15. The number of hydrogen-bond donors (Lipinski definition) is 1. The van der Waals surface area contributed by atoms with Gasteiger partial charge >= 0.3 is 0 Å². The first-order valence-corrected chi connectivity index (χ1v) is 8.65. The number of nitrogens with one attached hydrogen (secondary N) is 1. The van der Waals surface area contributed by atoms with E-state index in [0.29, 0.717) is 6.04 Å². The number of hydrogen-bond acceptors (Lipinski definition) is 3. The molecule has 2 heterocycles. The molecule has 0 saturated carbocycles. The Bertz CT molecular complexity index is 510. The summed E-state index contributed by atoms with van der Waals surface area (Å²) in [4.78, 5) is 4.21. The fourth-order valence-corrected chi connectivity index (χ4v) is 4.28. The van der Waals surface area contributed by atoms with Gasteiger partial charge in [-0.25, -0.2) is 0 Å². The van der Waals surface area contributed by atoms with Crippen LogP contribution in [0.5, 0.6) is 0 Å². The van der Waals surface area contributed by atoms with Gasteiger partial charge in [0.25, 0.3) is 0 Å². The first-order chi connectivity index (χ1) is 9.10. The van der Waals surface area contributed by atoms with Crippen LogP contribution in [0.25, 0.3) is 0 Å². The van der Waals surface area contributed by atoms with Gasteiger partial charge in [0, 0.05) is 27.1 Å². The maximum atomic E-state index is 6.02. The van der Waals surface area contributed by atoms with E-state index in [1.54, 1.807) is 11.3 Å². The summed E-state index contributed by atoms with van der Waals surface area (Å²) >= 11 is 9.62. The molecule has 2 aromatic heterocycles. The Morgan fingerprint density at radius 1 is 1.26 bits per heavy atom. The summed E-state index contributed by atoms with van der Waals surface area (Å²) in [6.45, 7) is 7.65. The average molecular weight is 314 g/mol. The zero-order chi connectivity index (χ0) is 13.8. The van der Waals surface area contributed by atoms with E-state index in [1.807, 2.05) is 17.4 Å². The van der Waals surface area contributed by atoms with Gasteiger partial charge in [-0.2, -0.15) is 0 Å². The quantitative estimate of drug-likeness (QED) is 0.756. The number of halogens is 1. The summed E-state index contributed by atoms with van der Waals surface area (Å²) in [5, 5.41) is 3.66. The minimum Gasteiger partial charge on any atom is -0.309 e. The molecule has 4 heteroatoms. The van der Waals surface area contributed by atoms with E-state index in [4.69, 9.17) is 11.6 Å². The van der Waals surface area contributed by atoms with Crippen LogP contribution < -0.4 is 5.32 Å². The molecule has 0 fully saturated rings. The molecule has 0 amide bonds. The zero-order valence-electron chi connectivity index (χ0n) is 11.6. The summed E-state index contributed by atoms with van der Waals surface area (Å²) in [7, 11) is 0. The fraction of sp³-hybridized carbons (Fsp3) is 0.467. The predicted molar refractivity (Wildman–Crippen MR) is 87.9 cm³/mol. The Morgan fingerprint density at radius 2 is 2.05 bits per heavy atom. The van der Waals surface area contributed by atoms with Gasteiger partial charge in [-0.3, -0.25) is 0 Å². The zero-order valence-corrected chi connectivity index (χ0v) is 14.0. The van der Waals surface area contributed by atoms with Gasteiger partial charge in [-0.15, -0.1) is 22.7 Å². The van der Waals surface area contributed by atoms with Crippen molar-refractivity contribution in [1.29, 1.82) is 0 Å². The van der Waals surface area contributed by atoms with Crippen molar-refractivity contribution in [2.45, 2.75) is 39.7 Å². The highest BCUT2D eigenvalue weighted by Gasteiger charge is 2.15. The predicted octanol–water partition coefficient (Wildman–Crippen LogP) is 5.36. The second kappa shape index (κ2) is 6.89. The SMILES string of the molecule is CCCNC(Cc1ccc(Cl)s1)c1cc(C)c(C)s1. The van der Waals surface area contributed by atoms with E-state index in [2.05, 4.69) is 38.2 Å². The number of thiophene rings is 2. The van der Waals surface area contributed by atoms with Gasteiger partial charge in [0.1, 0.15) is 0 Å². The van der Waals surface area contributed by atoms with E-state index < -0.39 is 0 Å². The third-order valence-corrected chi connectivity index (χ3v) is 5.72. The van der Waals surface area contributed by atoms with Gasteiger partial charge in [0.15, 0.2) is 0 Å². The molecule has 0 aromatic carbocycles. The second-order valence-corrected chi connectivity index (χ2v) is 7.89. The summed E-state index contributed by atoms with van der Waals surface area (Å²) < 4.78 is 0.878. The minimum absolute atomic E-state index is 0.409. The second-order valence-electron chi connectivity index (χ2n) is 4.80. The molecule has 0 aliphatic rings. The molecule has 104 valence electrons.